The summed E-state index contributed by atoms with van der Waals surface area (Å²) < 4.78 is 21.7. The number of phosphoric ester groups is 1. The molecular formula is C15H33N2O8P. The summed E-state index contributed by atoms with van der Waals surface area (Å²) in [5.74, 6) is 0.449. The highest BCUT2D eigenvalue weighted by Gasteiger charge is 2.20. The Morgan fingerprint density at radius 2 is 1.81 bits per heavy atom. The van der Waals surface area contributed by atoms with Crippen LogP contribution in [0.15, 0.2) is 0 Å². The van der Waals surface area contributed by atoms with Crippen molar-refractivity contribution in [3.05, 3.63) is 0 Å². The van der Waals surface area contributed by atoms with Crippen LogP contribution in [0.2, 0.25) is 0 Å². The van der Waals surface area contributed by atoms with Gasteiger partial charge in [0, 0.05) is 12.6 Å². The summed E-state index contributed by atoms with van der Waals surface area (Å²) >= 11 is 0. The highest BCUT2D eigenvalue weighted by atomic mass is 31.2. The van der Waals surface area contributed by atoms with Gasteiger partial charge in [-0.2, -0.15) is 0 Å². The minimum Gasteiger partial charge on any atom is -0.468 e. The predicted molar refractivity (Wildman–Crippen MR) is 96.2 cm³/mol. The van der Waals surface area contributed by atoms with Gasteiger partial charge in [-0.05, 0) is 46.4 Å². The van der Waals surface area contributed by atoms with Gasteiger partial charge in [-0.3, -0.25) is 9.59 Å². The predicted octanol–water partition coefficient (Wildman–Crippen LogP) is 0.684. The van der Waals surface area contributed by atoms with E-state index in [4.69, 9.17) is 9.79 Å². The van der Waals surface area contributed by atoms with Crippen molar-refractivity contribution in [1.82, 2.24) is 9.80 Å². The summed E-state index contributed by atoms with van der Waals surface area (Å²) in [6, 6.07) is 0.815. The topological polar surface area (TPSA) is 126 Å². The lowest BCUT2D eigenvalue weighted by molar-refractivity contribution is -0.135. The molecule has 26 heavy (non-hydrogen) atoms. The lowest BCUT2D eigenvalue weighted by Crippen LogP contribution is -2.34. The number of carbonyl (C=O) groups is 2. The van der Waals surface area contributed by atoms with E-state index in [9.17, 15) is 14.2 Å². The third-order valence-corrected chi connectivity index (χ3v) is 3.54. The third-order valence-electron chi connectivity index (χ3n) is 3.10. The van der Waals surface area contributed by atoms with Gasteiger partial charge in [-0.1, -0.05) is 13.8 Å². The van der Waals surface area contributed by atoms with Gasteiger partial charge in [0.1, 0.15) is 0 Å². The van der Waals surface area contributed by atoms with E-state index < -0.39 is 14.6 Å². The van der Waals surface area contributed by atoms with Crippen molar-refractivity contribution in [1.29, 1.82) is 0 Å². The fraction of sp³-hybridized carbons (Fsp3) is 0.867. The van der Waals surface area contributed by atoms with E-state index in [0.717, 1.165) is 6.04 Å². The Morgan fingerprint density at radius 3 is 2.12 bits per heavy atom. The number of rotatable bonds is 9. The molecule has 0 aromatic rings. The molecule has 0 saturated carbocycles. The highest BCUT2D eigenvalue weighted by molar-refractivity contribution is 7.46. The Bertz CT molecular complexity index is 403. The number of likely N-dealkylation sites (tertiary alicyclic amines) is 1. The molecule has 1 unspecified atom stereocenters. The third kappa shape index (κ3) is 21.0. The molecule has 1 fully saturated rings. The van der Waals surface area contributed by atoms with E-state index in [-0.39, 0.29) is 6.47 Å². The lowest BCUT2D eigenvalue weighted by atomic mass is 10.2. The second-order valence-electron chi connectivity index (χ2n) is 6.36. The van der Waals surface area contributed by atoms with Crippen molar-refractivity contribution in [2.24, 2.45) is 5.92 Å². The molecule has 0 radical (unpaired) electrons. The van der Waals surface area contributed by atoms with Crippen molar-refractivity contribution >= 4 is 20.8 Å². The Labute approximate surface area is 155 Å². The number of phosphoric acid groups is 1. The van der Waals surface area contributed by atoms with Crippen LogP contribution in [0.4, 0.5) is 0 Å². The molecule has 1 aliphatic heterocycles. The highest BCUT2D eigenvalue weighted by Crippen LogP contribution is 2.35. The molecule has 11 heteroatoms. The largest absolute Gasteiger partial charge is 0.472 e. The van der Waals surface area contributed by atoms with Crippen molar-refractivity contribution in [2.45, 2.75) is 32.7 Å². The average Bonchev–Trinajstić information content (AvgIpc) is 2.90. The second kappa shape index (κ2) is 16.2. The minimum absolute atomic E-state index is 0.0235. The summed E-state index contributed by atoms with van der Waals surface area (Å²) in [4.78, 5) is 39.4. The summed E-state index contributed by atoms with van der Waals surface area (Å²) in [6.45, 7) is 6.79. The average molecular weight is 400 g/mol. The molecule has 0 spiro atoms. The summed E-state index contributed by atoms with van der Waals surface area (Å²) in [7, 11) is 2.03. The number of likely N-dealkylation sites (N-methyl/N-ethyl adjacent to an activating group) is 2. The summed E-state index contributed by atoms with van der Waals surface area (Å²) in [5, 5.41) is 0. The first-order chi connectivity index (χ1) is 12.0. The van der Waals surface area contributed by atoms with Crippen molar-refractivity contribution in [3.63, 3.8) is 0 Å². The van der Waals surface area contributed by atoms with Crippen molar-refractivity contribution in [3.8, 4) is 0 Å². The van der Waals surface area contributed by atoms with Gasteiger partial charge < -0.3 is 29.1 Å². The fourth-order valence-corrected chi connectivity index (χ4v) is 2.19. The number of hydrogen-bond acceptors (Lipinski definition) is 8. The van der Waals surface area contributed by atoms with Crippen LogP contribution in [0.1, 0.15) is 26.7 Å². The van der Waals surface area contributed by atoms with Gasteiger partial charge in [0.05, 0.1) is 6.61 Å². The maximum atomic E-state index is 9.78. The molecule has 1 saturated heterocycles. The first-order valence-electron chi connectivity index (χ1n) is 8.19. The molecule has 0 aromatic heterocycles. The molecule has 10 nitrogen and oxygen atoms in total. The SMILES string of the molecule is CC(C)COC=O.CN(C)CC1CCCN1C.O=COCOP(=O)(O)O. The van der Waals surface area contributed by atoms with Gasteiger partial charge in [-0.25, -0.2) is 9.09 Å². The quantitative estimate of drug-likeness (QED) is 0.247. The smallest absolute Gasteiger partial charge is 0.468 e. The monoisotopic (exact) mass is 400 g/mol. The van der Waals surface area contributed by atoms with E-state index in [1.165, 1.54) is 25.9 Å². The van der Waals surface area contributed by atoms with Crippen LogP contribution in [-0.4, -0.2) is 86.2 Å². The first kappa shape index (κ1) is 27.2. The van der Waals surface area contributed by atoms with Gasteiger partial charge in [-0.15, -0.1) is 0 Å². The molecule has 156 valence electrons. The molecule has 1 heterocycles. The molecule has 1 atom stereocenters. The Hall–Kier alpha value is -1.03. The van der Waals surface area contributed by atoms with Crippen LogP contribution in [0, 0.1) is 5.92 Å². The van der Waals surface area contributed by atoms with E-state index in [1.807, 2.05) is 13.8 Å². The molecule has 1 aliphatic rings. The number of hydrogen-bond donors (Lipinski definition) is 2. The molecule has 0 bridgehead atoms. The van der Waals surface area contributed by atoms with Crippen LogP contribution in [0.3, 0.4) is 0 Å². The number of nitrogens with zero attached hydrogens (tertiary/aromatic N) is 2. The molecule has 0 aromatic carbocycles. The van der Waals surface area contributed by atoms with Crippen molar-refractivity contribution in [2.75, 3.05) is 47.6 Å². The Kier molecular flexibility index (Phi) is 16.9. The number of ether oxygens (including phenoxy) is 2. The minimum atomic E-state index is -4.48. The first-order valence-corrected chi connectivity index (χ1v) is 9.72. The summed E-state index contributed by atoms with van der Waals surface area (Å²) in [6.07, 6.45) is 2.77. The van der Waals surface area contributed by atoms with E-state index in [1.54, 1.807) is 0 Å². The Morgan fingerprint density at radius 1 is 1.23 bits per heavy atom. The zero-order chi connectivity index (χ0) is 20.6. The molecular weight excluding hydrogens is 367 g/mol. The zero-order valence-corrected chi connectivity index (χ0v) is 17.1. The van der Waals surface area contributed by atoms with Crippen LogP contribution in [0.25, 0.3) is 0 Å². The zero-order valence-electron chi connectivity index (χ0n) is 16.2. The maximum absolute atomic E-state index is 9.78. The second-order valence-corrected chi connectivity index (χ2v) is 7.60. The van der Waals surface area contributed by atoms with Crippen LogP contribution < -0.4 is 0 Å². The van der Waals surface area contributed by atoms with Gasteiger partial charge in [0.25, 0.3) is 12.9 Å². The summed E-state index contributed by atoms with van der Waals surface area (Å²) in [5.41, 5.74) is 0. The molecule has 0 aliphatic carbocycles. The van der Waals surface area contributed by atoms with Crippen LogP contribution >= 0.6 is 7.82 Å². The lowest BCUT2D eigenvalue weighted by Gasteiger charge is -2.22. The fourth-order valence-electron chi connectivity index (χ4n) is 1.99. The van der Waals surface area contributed by atoms with Crippen LogP contribution in [0.5, 0.6) is 0 Å². The molecule has 2 N–H and O–H groups in total. The van der Waals surface area contributed by atoms with Gasteiger partial charge in [0.2, 0.25) is 6.79 Å². The Balaban J connectivity index is 0. The van der Waals surface area contributed by atoms with Crippen molar-refractivity contribution < 1.29 is 37.9 Å². The van der Waals surface area contributed by atoms with E-state index in [2.05, 4.69) is 44.9 Å². The molecule has 1 rings (SSSR count). The van der Waals surface area contributed by atoms with E-state index >= 15 is 0 Å². The number of carbonyl (C=O) groups excluding carboxylic acids is 2. The van der Waals surface area contributed by atoms with Gasteiger partial charge in [0.15, 0.2) is 0 Å². The van der Waals surface area contributed by atoms with Crippen LogP contribution in [-0.2, 0) is 28.2 Å². The van der Waals surface area contributed by atoms with Gasteiger partial charge >= 0.3 is 7.82 Å². The normalized spacial score (nSPS) is 17.0. The maximum Gasteiger partial charge on any atom is 0.472 e. The molecule has 0 amide bonds. The standard InChI is InChI=1S/C8H18N2.C5H10O2.C2H5O6P/c1-9(2)7-8-5-4-6-10(8)3;1-5(2)3-7-4-6;3-1-7-2-8-9(4,5)6/h8H,4-7H2,1-3H3;4-5H,3H2,1-2H3;1H,2H2,(H2,4,5,6). The van der Waals surface area contributed by atoms with E-state index in [0.29, 0.717) is 19.0 Å².